The van der Waals surface area contributed by atoms with Crippen LogP contribution in [0.25, 0.3) is 0 Å². The molecule has 0 saturated carbocycles. The smallest absolute Gasteiger partial charge is 0.222 e. The van der Waals surface area contributed by atoms with Crippen LogP contribution in [0, 0.1) is 5.82 Å². The minimum absolute atomic E-state index is 0.144. The van der Waals surface area contributed by atoms with Crippen molar-refractivity contribution in [2.45, 2.75) is 13.3 Å². The summed E-state index contributed by atoms with van der Waals surface area (Å²) < 4.78 is 12.7. The van der Waals surface area contributed by atoms with Gasteiger partial charge in [-0.1, -0.05) is 12.1 Å². The van der Waals surface area contributed by atoms with Crippen LogP contribution in [0.15, 0.2) is 42.6 Å². The Morgan fingerprint density at radius 1 is 1.20 bits per heavy atom. The third-order valence-electron chi connectivity index (χ3n) is 2.72. The molecule has 1 heterocycles. The number of nitrogens with one attached hydrogen (secondary N) is 2. The van der Waals surface area contributed by atoms with Gasteiger partial charge in [-0.25, -0.2) is 9.37 Å². The lowest BCUT2D eigenvalue weighted by atomic mass is 10.1. The Bertz CT molecular complexity index is 567. The van der Waals surface area contributed by atoms with Gasteiger partial charge in [-0.05, 0) is 36.2 Å². The molecule has 1 aromatic heterocycles. The number of hydrogen-bond donors (Lipinski definition) is 2. The molecule has 2 N–H and O–H groups in total. The van der Waals surface area contributed by atoms with Gasteiger partial charge in [0.05, 0.1) is 11.9 Å². The molecule has 0 bridgehead atoms. The quantitative estimate of drug-likeness (QED) is 0.880. The number of benzene rings is 1. The zero-order valence-corrected chi connectivity index (χ0v) is 11.2. The zero-order chi connectivity index (χ0) is 14.4. The predicted molar refractivity (Wildman–Crippen MR) is 77.1 cm³/mol. The molecule has 0 saturated heterocycles. The van der Waals surface area contributed by atoms with Crippen LogP contribution < -0.4 is 10.6 Å². The van der Waals surface area contributed by atoms with Gasteiger partial charge < -0.3 is 10.6 Å². The zero-order valence-electron chi connectivity index (χ0n) is 11.2. The van der Waals surface area contributed by atoms with E-state index < -0.39 is 0 Å². The van der Waals surface area contributed by atoms with E-state index in [0.29, 0.717) is 5.82 Å². The number of carbonyl (C=O) groups excluding carboxylic acids is 1. The van der Waals surface area contributed by atoms with Crippen LogP contribution >= 0.6 is 0 Å². The van der Waals surface area contributed by atoms with Crippen molar-refractivity contribution in [3.63, 3.8) is 0 Å². The molecule has 0 fully saturated rings. The highest BCUT2D eigenvalue weighted by atomic mass is 19.1. The molecule has 0 spiro atoms. The molecule has 2 aromatic rings. The van der Waals surface area contributed by atoms with Gasteiger partial charge in [-0.3, -0.25) is 4.79 Å². The van der Waals surface area contributed by atoms with Gasteiger partial charge in [0.15, 0.2) is 0 Å². The van der Waals surface area contributed by atoms with Gasteiger partial charge in [-0.15, -0.1) is 0 Å². The molecule has 2 rings (SSSR count). The summed E-state index contributed by atoms with van der Waals surface area (Å²) in [4.78, 5) is 15.0. The molecule has 4 nitrogen and oxygen atoms in total. The van der Waals surface area contributed by atoms with E-state index in [4.69, 9.17) is 0 Å². The largest absolute Gasteiger partial charge is 0.383 e. The number of amides is 1. The molecule has 5 heteroatoms. The normalized spacial score (nSPS) is 10.1. The number of carbonyl (C=O) groups is 1. The number of pyridine rings is 1. The Morgan fingerprint density at radius 3 is 2.55 bits per heavy atom. The standard InChI is InChI=1S/C15H16FN3O/c1-11(20)19-15-7-6-14(10-18-15)17-9-8-12-2-4-13(16)5-3-12/h2-7,10,17H,8-9H2,1H3,(H,18,19,20). The van der Waals surface area contributed by atoms with Gasteiger partial charge >= 0.3 is 0 Å². The molecule has 0 atom stereocenters. The highest BCUT2D eigenvalue weighted by Gasteiger charge is 1.98. The van der Waals surface area contributed by atoms with Crippen molar-refractivity contribution in [1.82, 2.24) is 4.98 Å². The van der Waals surface area contributed by atoms with E-state index in [1.54, 1.807) is 24.4 Å². The van der Waals surface area contributed by atoms with E-state index >= 15 is 0 Å². The first kappa shape index (κ1) is 14.0. The first-order valence-corrected chi connectivity index (χ1v) is 6.35. The van der Waals surface area contributed by atoms with Crippen molar-refractivity contribution in [3.05, 3.63) is 54.0 Å². The SMILES string of the molecule is CC(=O)Nc1ccc(NCCc2ccc(F)cc2)cn1. The Hall–Kier alpha value is -2.43. The Balaban J connectivity index is 1.82. The average molecular weight is 273 g/mol. The fraction of sp³-hybridized carbons (Fsp3) is 0.200. The lowest BCUT2D eigenvalue weighted by Gasteiger charge is -2.07. The molecule has 0 aliphatic heterocycles. The summed E-state index contributed by atoms with van der Waals surface area (Å²) in [5.41, 5.74) is 1.95. The Kier molecular flexibility index (Phi) is 4.65. The summed E-state index contributed by atoms with van der Waals surface area (Å²) >= 11 is 0. The summed E-state index contributed by atoms with van der Waals surface area (Å²) in [5.74, 6) is 0.163. The van der Waals surface area contributed by atoms with Crippen LogP contribution in [-0.2, 0) is 11.2 Å². The fourth-order valence-electron chi connectivity index (χ4n) is 1.75. The Morgan fingerprint density at radius 2 is 1.95 bits per heavy atom. The summed E-state index contributed by atoms with van der Waals surface area (Å²) in [5, 5.41) is 5.83. The molecule has 0 aliphatic rings. The second kappa shape index (κ2) is 6.65. The number of halogens is 1. The van der Waals surface area contributed by atoms with E-state index in [0.717, 1.165) is 24.2 Å². The van der Waals surface area contributed by atoms with Gasteiger partial charge in [0, 0.05) is 13.5 Å². The lowest BCUT2D eigenvalue weighted by molar-refractivity contribution is -0.114. The van der Waals surface area contributed by atoms with Crippen molar-refractivity contribution >= 4 is 17.4 Å². The van der Waals surface area contributed by atoms with Crippen LogP contribution in [0.2, 0.25) is 0 Å². The molecule has 0 radical (unpaired) electrons. The molecular formula is C15H16FN3O. The van der Waals surface area contributed by atoms with Gasteiger partial charge in [0.2, 0.25) is 5.91 Å². The minimum Gasteiger partial charge on any atom is -0.383 e. The summed E-state index contributed by atoms with van der Waals surface area (Å²) in [7, 11) is 0. The van der Waals surface area contributed by atoms with Crippen molar-refractivity contribution < 1.29 is 9.18 Å². The number of rotatable bonds is 5. The average Bonchev–Trinajstić information content (AvgIpc) is 2.42. The summed E-state index contributed by atoms with van der Waals surface area (Å²) in [6.45, 7) is 2.17. The fourth-order valence-corrected chi connectivity index (χ4v) is 1.75. The topological polar surface area (TPSA) is 54.0 Å². The van der Waals surface area contributed by atoms with E-state index in [-0.39, 0.29) is 11.7 Å². The van der Waals surface area contributed by atoms with Crippen molar-refractivity contribution in [1.29, 1.82) is 0 Å². The third-order valence-corrected chi connectivity index (χ3v) is 2.72. The van der Waals surface area contributed by atoms with Crippen LogP contribution in [0.1, 0.15) is 12.5 Å². The predicted octanol–water partition coefficient (Wildman–Crippen LogP) is 2.83. The maximum atomic E-state index is 12.7. The van der Waals surface area contributed by atoms with Crippen LogP contribution in [0.3, 0.4) is 0 Å². The second-order valence-corrected chi connectivity index (χ2v) is 4.42. The lowest BCUT2D eigenvalue weighted by Crippen LogP contribution is -2.08. The number of hydrogen-bond acceptors (Lipinski definition) is 3. The van der Waals surface area contributed by atoms with Crippen LogP contribution in [-0.4, -0.2) is 17.4 Å². The third kappa shape index (κ3) is 4.35. The Labute approximate surface area is 117 Å². The van der Waals surface area contributed by atoms with Crippen molar-refractivity contribution in [2.75, 3.05) is 17.2 Å². The second-order valence-electron chi connectivity index (χ2n) is 4.42. The first-order chi connectivity index (χ1) is 9.63. The van der Waals surface area contributed by atoms with E-state index in [9.17, 15) is 9.18 Å². The maximum Gasteiger partial charge on any atom is 0.222 e. The number of aromatic nitrogens is 1. The van der Waals surface area contributed by atoms with Gasteiger partial charge in [0.25, 0.3) is 0 Å². The summed E-state index contributed by atoms with van der Waals surface area (Å²) in [6.07, 6.45) is 2.46. The molecule has 20 heavy (non-hydrogen) atoms. The first-order valence-electron chi connectivity index (χ1n) is 6.35. The van der Waals surface area contributed by atoms with E-state index in [2.05, 4.69) is 15.6 Å². The molecule has 0 unspecified atom stereocenters. The minimum atomic E-state index is -0.223. The summed E-state index contributed by atoms with van der Waals surface area (Å²) in [6, 6.07) is 10.0. The number of anilines is 2. The van der Waals surface area contributed by atoms with E-state index in [1.165, 1.54) is 19.1 Å². The van der Waals surface area contributed by atoms with Gasteiger partial charge in [0.1, 0.15) is 11.6 Å². The maximum absolute atomic E-state index is 12.7. The monoisotopic (exact) mass is 273 g/mol. The van der Waals surface area contributed by atoms with Crippen LogP contribution in [0.5, 0.6) is 0 Å². The highest BCUT2D eigenvalue weighted by molar-refractivity contribution is 5.87. The number of nitrogens with zero attached hydrogens (tertiary/aromatic N) is 1. The van der Waals surface area contributed by atoms with E-state index in [1.807, 2.05) is 6.07 Å². The molecule has 0 aliphatic carbocycles. The molecular weight excluding hydrogens is 257 g/mol. The van der Waals surface area contributed by atoms with Crippen molar-refractivity contribution in [2.24, 2.45) is 0 Å². The van der Waals surface area contributed by atoms with Crippen LogP contribution in [0.4, 0.5) is 15.9 Å². The molecule has 1 amide bonds. The van der Waals surface area contributed by atoms with Gasteiger partial charge in [-0.2, -0.15) is 0 Å². The molecule has 1 aromatic carbocycles. The molecule has 104 valence electrons. The highest BCUT2D eigenvalue weighted by Crippen LogP contribution is 2.10. The van der Waals surface area contributed by atoms with Crippen molar-refractivity contribution in [3.8, 4) is 0 Å².